The van der Waals surface area contributed by atoms with Crippen LogP contribution < -0.4 is 0 Å². The number of hydrogen-bond donors (Lipinski definition) is 0. The smallest absolute Gasteiger partial charge is 0.360 e. The van der Waals surface area contributed by atoms with Crippen molar-refractivity contribution in [3.8, 4) is 0 Å². The van der Waals surface area contributed by atoms with Gasteiger partial charge in [-0.25, -0.2) is 8.42 Å². The lowest BCUT2D eigenvalue weighted by molar-refractivity contribution is -0.142. The summed E-state index contributed by atoms with van der Waals surface area (Å²) in [4.78, 5) is 16.8. The van der Waals surface area contributed by atoms with E-state index in [1.165, 1.54) is 29.2 Å². The van der Waals surface area contributed by atoms with Gasteiger partial charge in [0.25, 0.3) is 9.84 Å². The summed E-state index contributed by atoms with van der Waals surface area (Å²) in [6.07, 6.45) is 0.596. The number of sulfone groups is 1. The summed E-state index contributed by atoms with van der Waals surface area (Å²) >= 11 is 0. The van der Waals surface area contributed by atoms with Gasteiger partial charge in [0.2, 0.25) is 0 Å². The molecule has 0 aliphatic carbocycles. The van der Waals surface area contributed by atoms with Crippen LogP contribution in [0, 0.1) is 0 Å². The molecule has 8 heteroatoms. The van der Waals surface area contributed by atoms with Crippen molar-refractivity contribution in [3.63, 3.8) is 0 Å². The minimum atomic E-state index is -4.22. The van der Waals surface area contributed by atoms with Crippen LogP contribution in [0.1, 0.15) is 27.2 Å². The van der Waals surface area contributed by atoms with E-state index in [9.17, 15) is 18.7 Å². The molecular weight excluding hydrogens is 318 g/mol. The molecule has 1 aromatic carbocycles. The third kappa shape index (κ3) is 3.06. The number of rotatable bonds is 2. The lowest BCUT2D eigenvalue weighted by atomic mass is 10.1. The van der Waals surface area contributed by atoms with Crippen molar-refractivity contribution in [3.05, 3.63) is 35.9 Å². The fraction of sp³-hybridized carbons (Fsp3) is 0.467. The first-order valence-electron chi connectivity index (χ1n) is 7.25. The molecule has 1 unspecified atom stereocenters. The van der Waals surface area contributed by atoms with Crippen molar-refractivity contribution in [2.75, 3.05) is 6.61 Å². The first kappa shape index (κ1) is 17.3. The Morgan fingerprint density at radius 3 is 2.52 bits per heavy atom. The van der Waals surface area contributed by atoms with Crippen molar-refractivity contribution >= 4 is 20.8 Å². The van der Waals surface area contributed by atoms with Gasteiger partial charge < -0.3 is 10.3 Å². The molecule has 124 valence electrons. The zero-order valence-corrected chi connectivity index (χ0v) is 14.1. The number of amides is 1. The monoisotopic (exact) mass is 337 g/mol. The predicted molar refractivity (Wildman–Crippen MR) is 83.2 cm³/mol. The summed E-state index contributed by atoms with van der Waals surface area (Å²) in [6, 6.07) is 7.13. The normalized spacial score (nSPS) is 20.1. The van der Waals surface area contributed by atoms with Gasteiger partial charge in [0, 0.05) is 0 Å². The average molecular weight is 337 g/mol. The molecule has 0 saturated carbocycles. The molecule has 2 rings (SSSR count). The van der Waals surface area contributed by atoms with E-state index in [1.54, 1.807) is 19.9 Å². The van der Waals surface area contributed by atoms with Crippen molar-refractivity contribution in [1.29, 1.82) is 0 Å². The van der Waals surface area contributed by atoms with Crippen LogP contribution in [0.4, 0.5) is 0 Å². The molecule has 1 aliphatic heterocycles. The molecule has 0 radical (unpaired) electrons. The Hall–Kier alpha value is -2.02. The van der Waals surface area contributed by atoms with Gasteiger partial charge in [-0.2, -0.15) is 0 Å². The summed E-state index contributed by atoms with van der Waals surface area (Å²) in [5.41, 5.74) is 8.23. The maximum Gasteiger partial charge on any atom is 0.473 e. The topological polar surface area (TPSA) is 100 Å². The van der Waals surface area contributed by atoms with Crippen LogP contribution in [0.2, 0.25) is 0 Å². The fourth-order valence-electron chi connectivity index (χ4n) is 2.62. The summed E-state index contributed by atoms with van der Waals surface area (Å²) in [5, 5.41) is -0.902. The minimum Gasteiger partial charge on any atom is -0.360 e. The minimum absolute atomic E-state index is 0.105. The van der Waals surface area contributed by atoms with Crippen LogP contribution in [-0.2, 0) is 19.4 Å². The lowest BCUT2D eigenvalue weighted by Gasteiger charge is -2.31. The van der Waals surface area contributed by atoms with Crippen LogP contribution in [0.5, 0.6) is 0 Å². The third-order valence-electron chi connectivity index (χ3n) is 3.85. The highest BCUT2D eigenvalue weighted by Crippen LogP contribution is 2.30. The van der Waals surface area contributed by atoms with Crippen LogP contribution in [0.3, 0.4) is 0 Å². The zero-order chi connectivity index (χ0) is 17.3. The molecular formula is C15H19N3O4S. The highest BCUT2D eigenvalue weighted by Gasteiger charge is 2.50. The molecule has 1 atom stereocenters. The van der Waals surface area contributed by atoms with Crippen molar-refractivity contribution in [2.45, 2.75) is 43.9 Å². The van der Waals surface area contributed by atoms with E-state index in [0.717, 1.165) is 0 Å². The van der Waals surface area contributed by atoms with Crippen LogP contribution in [-0.4, -0.2) is 47.4 Å². The summed E-state index contributed by atoms with van der Waals surface area (Å²) in [7, 11) is -4.22. The first-order chi connectivity index (χ1) is 10.8. The van der Waals surface area contributed by atoms with E-state index in [-0.39, 0.29) is 10.9 Å². The van der Waals surface area contributed by atoms with Crippen molar-refractivity contribution < 1.29 is 22.7 Å². The number of nitrogens with zero attached hydrogens (tertiary/aromatic N) is 3. The Labute approximate surface area is 135 Å². The van der Waals surface area contributed by atoms with E-state index < -0.39 is 26.5 Å². The Morgan fingerprint density at radius 2 is 2.00 bits per heavy atom. The summed E-state index contributed by atoms with van der Waals surface area (Å²) in [5.74, 6) is -0.870. The molecule has 1 aliphatic rings. The van der Waals surface area contributed by atoms with E-state index in [1.807, 2.05) is 6.92 Å². The van der Waals surface area contributed by atoms with Gasteiger partial charge in [-0.3, -0.25) is 9.69 Å². The van der Waals surface area contributed by atoms with Crippen LogP contribution in [0.15, 0.2) is 35.2 Å². The molecule has 1 fully saturated rings. The van der Waals surface area contributed by atoms with Gasteiger partial charge in [-0.1, -0.05) is 25.1 Å². The van der Waals surface area contributed by atoms with Gasteiger partial charge >= 0.3 is 11.0 Å². The second kappa shape index (κ2) is 6.23. The van der Waals surface area contributed by atoms with Gasteiger partial charge in [0.05, 0.1) is 17.5 Å². The summed E-state index contributed by atoms with van der Waals surface area (Å²) in [6.45, 7) is 5.52. The Bertz CT molecular complexity index is 752. The van der Waals surface area contributed by atoms with Crippen LogP contribution >= 0.6 is 0 Å². The number of benzene rings is 1. The second-order valence-electron chi connectivity index (χ2n) is 5.72. The maximum absolute atomic E-state index is 12.8. The van der Waals surface area contributed by atoms with E-state index >= 15 is 0 Å². The SMILES string of the molecule is CCC1COC(C)(C)N1C(=O)C(=[N+]=[N-])S(=O)(=O)c1ccccc1. The molecule has 0 spiro atoms. The van der Waals surface area contributed by atoms with Crippen molar-refractivity contribution in [1.82, 2.24) is 4.90 Å². The number of carbonyl (C=O) groups excluding carboxylic acids is 1. The summed E-state index contributed by atoms with van der Waals surface area (Å²) < 4.78 is 30.7. The largest absolute Gasteiger partial charge is 0.473 e. The van der Waals surface area contributed by atoms with E-state index in [2.05, 4.69) is 4.79 Å². The quantitative estimate of drug-likeness (QED) is 0.353. The molecule has 1 heterocycles. The first-order valence-corrected chi connectivity index (χ1v) is 8.73. The molecule has 7 nitrogen and oxygen atoms in total. The predicted octanol–water partition coefficient (Wildman–Crippen LogP) is 1.46. The van der Waals surface area contributed by atoms with E-state index in [0.29, 0.717) is 13.0 Å². The number of hydrogen-bond acceptors (Lipinski definition) is 4. The van der Waals surface area contributed by atoms with Gasteiger partial charge in [-0.05, 0) is 32.4 Å². The number of carbonyl (C=O) groups is 1. The zero-order valence-electron chi connectivity index (χ0n) is 13.3. The molecule has 1 amide bonds. The standard InChI is InChI=1S/C15H19N3O4S/c1-4-11-10-22-15(2,3)18(11)14(19)13(17-16)23(20,21)12-8-6-5-7-9-12/h5-9,11H,4,10H2,1-3H3. The Kier molecular flexibility index (Phi) is 4.70. The molecule has 0 aromatic heterocycles. The molecule has 0 bridgehead atoms. The Morgan fingerprint density at radius 1 is 1.39 bits per heavy atom. The second-order valence-corrected chi connectivity index (χ2v) is 7.58. The van der Waals surface area contributed by atoms with E-state index in [4.69, 9.17) is 4.74 Å². The van der Waals surface area contributed by atoms with Crippen LogP contribution in [0.25, 0.3) is 5.53 Å². The maximum atomic E-state index is 12.8. The van der Waals surface area contributed by atoms with Crippen molar-refractivity contribution in [2.24, 2.45) is 0 Å². The lowest BCUT2D eigenvalue weighted by Crippen LogP contribution is -2.52. The molecule has 1 aromatic rings. The fourth-order valence-corrected chi connectivity index (χ4v) is 3.79. The van der Waals surface area contributed by atoms with Gasteiger partial charge in [0.1, 0.15) is 5.72 Å². The number of ether oxygens (including phenoxy) is 1. The third-order valence-corrected chi connectivity index (χ3v) is 5.50. The highest BCUT2D eigenvalue weighted by molar-refractivity contribution is 8.08. The molecule has 1 saturated heterocycles. The van der Waals surface area contributed by atoms with Gasteiger partial charge in [0.15, 0.2) is 0 Å². The average Bonchev–Trinajstić information content (AvgIpc) is 2.83. The highest BCUT2D eigenvalue weighted by atomic mass is 32.2. The Balaban J connectivity index is 2.46. The molecule has 0 N–H and O–H groups in total. The van der Waals surface area contributed by atoms with Gasteiger partial charge in [-0.15, -0.1) is 4.79 Å². The molecule has 23 heavy (non-hydrogen) atoms.